The van der Waals surface area contributed by atoms with E-state index in [1.54, 1.807) is 6.92 Å². The molecule has 5 heteroatoms. The molecule has 0 saturated carbocycles. The van der Waals surface area contributed by atoms with Crippen LogP contribution in [0.2, 0.25) is 0 Å². The van der Waals surface area contributed by atoms with Crippen molar-refractivity contribution in [2.24, 2.45) is 0 Å². The molecule has 0 fully saturated rings. The third kappa shape index (κ3) is 4.37. The molecular weight excluding hydrogens is 400 g/mol. The van der Waals surface area contributed by atoms with E-state index in [2.05, 4.69) is 0 Å². The predicted octanol–water partition coefficient (Wildman–Crippen LogP) is 5.29. The van der Waals surface area contributed by atoms with Crippen LogP contribution in [0.4, 0.5) is 11.4 Å². The van der Waals surface area contributed by atoms with Crippen molar-refractivity contribution < 1.29 is 14.3 Å². The van der Waals surface area contributed by atoms with Crippen LogP contribution in [0.5, 0.6) is 5.75 Å². The lowest BCUT2D eigenvalue weighted by Gasteiger charge is -2.43. The van der Waals surface area contributed by atoms with Crippen LogP contribution in [-0.4, -0.2) is 24.5 Å². The summed E-state index contributed by atoms with van der Waals surface area (Å²) in [7, 11) is 0. The molecule has 0 spiro atoms. The van der Waals surface area contributed by atoms with Crippen molar-refractivity contribution >= 4 is 23.2 Å². The van der Waals surface area contributed by atoms with Gasteiger partial charge in [0.1, 0.15) is 5.75 Å². The first-order chi connectivity index (χ1) is 15.5. The van der Waals surface area contributed by atoms with Crippen molar-refractivity contribution in [1.29, 1.82) is 0 Å². The molecule has 2 amide bonds. The molecule has 0 aromatic heterocycles. The Labute approximate surface area is 189 Å². The lowest BCUT2D eigenvalue weighted by atomic mass is 9.90. The van der Waals surface area contributed by atoms with Gasteiger partial charge >= 0.3 is 0 Å². The minimum absolute atomic E-state index is 0.0225. The maximum absolute atomic E-state index is 13.2. The minimum atomic E-state index is -0.150. The number of benzene rings is 3. The zero-order valence-corrected chi connectivity index (χ0v) is 18.7. The van der Waals surface area contributed by atoms with Gasteiger partial charge in [-0.3, -0.25) is 9.59 Å². The van der Waals surface area contributed by atoms with Crippen LogP contribution in [0.15, 0.2) is 78.9 Å². The van der Waals surface area contributed by atoms with E-state index in [0.29, 0.717) is 12.2 Å². The van der Waals surface area contributed by atoms with E-state index >= 15 is 0 Å². The Morgan fingerprint density at radius 2 is 1.62 bits per heavy atom. The molecule has 3 aromatic rings. The van der Waals surface area contributed by atoms with E-state index in [-0.39, 0.29) is 30.5 Å². The average molecular weight is 429 g/mol. The van der Waals surface area contributed by atoms with Crippen molar-refractivity contribution in [3.8, 4) is 5.75 Å². The molecule has 3 aromatic carbocycles. The first-order valence-electron chi connectivity index (χ1n) is 10.9. The predicted molar refractivity (Wildman–Crippen MR) is 127 cm³/mol. The van der Waals surface area contributed by atoms with Crippen LogP contribution >= 0.6 is 0 Å². The van der Waals surface area contributed by atoms with Gasteiger partial charge in [-0.05, 0) is 56.2 Å². The Balaban J connectivity index is 1.62. The zero-order valence-electron chi connectivity index (χ0n) is 18.7. The lowest BCUT2D eigenvalue weighted by Crippen LogP contribution is -2.48. The summed E-state index contributed by atoms with van der Waals surface area (Å²) in [6, 6.07) is 25.0. The molecule has 0 bridgehead atoms. The molecule has 1 aliphatic rings. The first-order valence-corrected chi connectivity index (χ1v) is 10.9. The van der Waals surface area contributed by atoms with Gasteiger partial charge in [-0.1, -0.05) is 54.1 Å². The highest BCUT2D eigenvalue weighted by Gasteiger charge is 2.37. The number of nitrogens with zero attached hydrogens (tertiary/aromatic N) is 2. The minimum Gasteiger partial charge on any atom is -0.484 e. The molecule has 1 aliphatic heterocycles. The van der Waals surface area contributed by atoms with Crippen LogP contribution in [0.3, 0.4) is 0 Å². The lowest BCUT2D eigenvalue weighted by molar-refractivity contribution is -0.121. The highest BCUT2D eigenvalue weighted by molar-refractivity contribution is 5.98. The largest absolute Gasteiger partial charge is 0.484 e. The molecule has 164 valence electrons. The smallest absolute Gasteiger partial charge is 0.265 e. The van der Waals surface area contributed by atoms with Gasteiger partial charge in [0.15, 0.2) is 6.61 Å². The number of hydrogen-bond acceptors (Lipinski definition) is 3. The van der Waals surface area contributed by atoms with Crippen molar-refractivity contribution in [2.75, 3.05) is 16.4 Å². The molecule has 0 unspecified atom stereocenters. The Bertz CT molecular complexity index is 1100. The average Bonchev–Trinajstić information content (AvgIpc) is 2.79. The quantitative estimate of drug-likeness (QED) is 0.555. The number of para-hydroxylation sites is 2. The summed E-state index contributed by atoms with van der Waals surface area (Å²) in [4.78, 5) is 29.5. The van der Waals surface area contributed by atoms with Gasteiger partial charge in [-0.25, -0.2) is 0 Å². The monoisotopic (exact) mass is 428 g/mol. The summed E-state index contributed by atoms with van der Waals surface area (Å²) in [5, 5.41) is 0. The SMILES string of the molecule is CC(=O)N(c1ccccc1)[C@H]1C[C@@H](C)N(C(=O)COc2ccc(C)cc2)c2ccccc21. The number of ether oxygens (including phenoxy) is 1. The summed E-state index contributed by atoms with van der Waals surface area (Å²) >= 11 is 0. The number of rotatable bonds is 5. The number of aryl methyl sites for hydroxylation is 1. The number of fused-ring (bicyclic) bond motifs is 1. The molecule has 0 aliphatic carbocycles. The molecule has 0 N–H and O–H groups in total. The van der Waals surface area contributed by atoms with E-state index in [9.17, 15) is 9.59 Å². The molecule has 32 heavy (non-hydrogen) atoms. The van der Waals surface area contributed by atoms with E-state index < -0.39 is 0 Å². The fraction of sp³-hybridized carbons (Fsp3) is 0.259. The first kappa shape index (κ1) is 21.6. The second-order valence-electron chi connectivity index (χ2n) is 8.25. The van der Waals surface area contributed by atoms with E-state index in [1.165, 1.54) is 0 Å². The van der Waals surface area contributed by atoms with Gasteiger partial charge < -0.3 is 14.5 Å². The molecular formula is C27H28N2O3. The summed E-state index contributed by atoms with van der Waals surface area (Å²) in [6.07, 6.45) is 0.641. The van der Waals surface area contributed by atoms with Gasteiger partial charge in [0.25, 0.3) is 5.91 Å². The van der Waals surface area contributed by atoms with Gasteiger partial charge in [0.05, 0.1) is 6.04 Å². The summed E-state index contributed by atoms with van der Waals surface area (Å²) < 4.78 is 5.77. The maximum atomic E-state index is 13.2. The molecule has 0 radical (unpaired) electrons. The summed E-state index contributed by atoms with van der Waals surface area (Å²) in [6.45, 7) is 5.59. The Hall–Kier alpha value is -3.60. The Kier molecular flexibility index (Phi) is 6.26. The van der Waals surface area contributed by atoms with Crippen molar-refractivity contribution in [1.82, 2.24) is 0 Å². The van der Waals surface area contributed by atoms with E-state index in [1.807, 2.05) is 103 Å². The highest BCUT2D eigenvalue weighted by atomic mass is 16.5. The van der Waals surface area contributed by atoms with Gasteiger partial charge in [-0.2, -0.15) is 0 Å². The van der Waals surface area contributed by atoms with Crippen molar-refractivity contribution in [3.05, 3.63) is 90.0 Å². The van der Waals surface area contributed by atoms with Crippen LogP contribution in [0.1, 0.15) is 37.4 Å². The molecule has 4 rings (SSSR count). The Morgan fingerprint density at radius 1 is 0.969 bits per heavy atom. The molecule has 2 atom stereocenters. The Morgan fingerprint density at radius 3 is 2.31 bits per heavy atom. The zero-order chi connectivity index (χ0) is 22.7. The van der Waals surface area contributed by atoms with E-state index in [4.69, 9.17) is 4.74 Å². The fourth-order valence-electron chi connectivity index (χ4n) is 4.43. The van der Waals surface area contributed by atoms with Crippen molar-refractivity contribution in [3.63, 3.8) is 0 Å². The van der Waals surface area contributed by atoms with Crippen LogP contribution in [0.25, 0.3) is 0 Å². The fourth-order valence-corrected chi connectivity index (χ4v) is 4.43. The van der Waals surface area contributed by atoms with Gasteiger partial charge in [0.2, 0.25) is 5.91 Å². The highest BCUT2D eigenvalue weighted by Crippen LogP contribution is 2.42. The summed E-state index contributed by atoms with van der Waals surface area (Å²) in [5.41, 5.74) is 3.79. The third-order valence-corrected chi connectivity index (χ3v) is 5.90. The van der Waals surface area contributed by atoms with Crippen LogP contribution in [0, 0.1) is 6.92 Å². The number of hydrogen-bond donors (Lipinski definition) is 0. The normalized spacial score (nSPS) is 17.4. The number of carbonyl (C=O) groups is 2. The van der Waals surface area contributed by atoms with Gasteiger partial charge in [0, 0.05) is 24.3 Å². The number of carbonyl (C=O) groups excluding carboxylic acids is 2. The van der Waals surface area contributed by atoms with Crippen LogP contribution < -0.4 is 14.5 Å². The molecule has 0 saturated heterocycles. The standard InChI is InChI=1S/C27H28N2O3/c1-19-13-15-23(16-14-19)32-18-27(31)28-20(2)17-26(24-11-7-8-12-25(24)28)29(21(3)30)22-9-5-4-6-10-22/h4-16,20,26H,17-18H2,1-3H3/t20-,26+/m1/s1. The van der Waals surface area contributed by atoms with Gasteiger partial charge in [-0.15, -0.1) is 0 Å². The third-order valence-electron chi connectivity index (χ3n) is 5.90. The topological polar surface area (TPSA) is 49.9 Å². The second kappa shape index (κ2) is 9.27. The number of amides is 2. The molecule has 1 heterocycles. The number of anilines is 2. The van der Waals surface area contributed by atoms with Crippen molar-refractivity contribution in [2.45, 2.75) is 39.3 Å². The van der Waals surface area contributed by atoms with Crippen LogP contribution in [-0.2, 0) is 9.59 Å². The molecule has 5 nitrogen and oxygen atoms in total. The second-order valence-corrected chi connectivity index (χ2v) is 8.25. The summed E-state index contributed by atoms with van der Waals surface area (Å²) in [5.74, 6) is 0.551. The van der Waals surface area contributed by atoms with E-state index in [0.717, 1.165) is 22.5 Å². The maximum Gasteiger partial charge on any atom is 0.265 e.